The maximum atomic E-state index is 13.3. The summed E-state index contributed by atoms with van der Waals surface area (Å²) in [6, 6.07) is 8.93. The molecule has 0 aliphatic carbocycles. The quantitative estimate of drug-likeness (QED) is 0.499. The predicted octanol–water partition coefficient (Wildman–Crippen LogP) is 2.98. The van der Waals surface area contributed by atoms with Crippen LogP contribution in [-0.4, -0.2) is 44.2 Å². The predicted molar refractivity (Wildman–Crippen MR) is 116 cm³/mol. The Bertz CT molecular complexity index is 1280. The number of halogens is 2. The normalized spacial score (nSPS) is 10.9. The van der Waals surface area contributed by atoms with Gasteiger partial charge in [0.1, 0.15) is 5.52 Å². The number of hydrogen-bond acceptors (Lipinski definition) is 4. The van der Waals surface area contributed by atoms with Crippen molar-refractivity contribution < 1.29 is 4.79 Å². The number of carbonyl (C=O) groups is 1. The highest BCUT2D eigenvalue weighted by molar-refractivity contribution is 6.31. The first-order valence-electron chi connectivity index (χ1n) is 8.69. The van der Waals surface area contributed by atoms with Crippen LogP contribution in [0.1, 0.15) is 5.69 Å². The van der Waals surface area contributed by atoms with Crippen molar-refractivity contribution in [1.29, 1.82) is 0 Å². The minimum atomic E-state index is -0.279. The van der Waals surface area contributed by atoms with E-state index >= 15 is 0 Å². The summed E-state index contributed by atoms with van der Waals surface area (Å²) in [7, 11) is 5.20. The minimum Gasteiger partial charge on any atom is -0.348 e. The second-order valence-corrected chi connectivity index (χ2v) is 7.22. The Labute approximate surface area is 177 Å². The highest BCUT2D eigenvalue weighted by atomic mass is 35.5. The summed E-state index contributed by atoms with van der Waals surface area (Å²) in [5.74, 6) is -0.101. The lowest BCUT2D eigenvalue weighted by Gasteiger charge is -2.12. The van der Waals surface area contributed by atoms with Crippen LogP contribution in [0.4, 0.5) is 0 Å². The van der Waals surface area contributed by atoms with E-state index in [1.165, 1.54) is 9.58 Å². The molecule has 0 unspecified atom stereocenters. The lowest BCUT2D eigenvalue weighted by atomic mass is 10.1. The van der Waals surface area contributed by atoms with Crippen LogP contribution in [0, 0.1) is 0 Å². The fraction of sp³-hybridized carbons (Fsp3) is 0.200. The van der Waals surface area contributed by atoms with Gasteiger partial charge in [0.25, 0.3) is 5.56 Å². The molecule has 7 nitrogen and oxygen atoms in total. The van der Waals surface area contributed by atoms with Gasteiger partial charge in [-0.05, 0) is 24.3 Å². The molecule has 9 heteroatoms. The van der Waals surface area contributed by atoms with Crippen molar-refractivity contribution in [2.24, 2.45) is 7.05 Å². The van der Waals surface area contributed by atoms with Gasteiger partial charge in [0.2, 0.25) is 5.91 Å². The Morgan fingerprint density at radius 3 is 2.66 bits per heavy atom. The van der Waals surface area contributed by atoms with Crippen molar-refractivity contribution in [3.8, 4) is 5.69 Å². The number of hydrogen-bond donors (Lipinski definition) is 0. The van der Waals surface area contributed by atoms with Crippen molar-refractivity contribution in [2.45, 2.75) is 6.42 Å². The minimum absolute atomic E-state index is 0. The number of carbonyl (C=O) groups excluding carboxylic acids is 1. The SMILES string of the molecule is CN(C)C(=O)Cc1nn(-c2cccnc2)c(=O)c2c1c1ccc(Cl)cc1n2C.Cl. The molecule has 3 aromatic heterocycles. The van der Waals surface area contributed by atoms with Gasteiger partial charge in [-0.15, -0.1) is 12.4 Å². The van der Waals surface area contributed by atoms with Gasteiger partial charge in [-0.2, -0.15) is 9.78 Å². The zero-order valence-corrected chi connectivity index (χ0v) is 17.7. The zero-order chi connectivity index (χ0) is 20.0. The van der Waals surface area contributed by atoms with Gasteiger partial charge in [0, 0.05) is 43.1 Å². The molecule has 0 saturated heterocycles. The number of nitrogens with zero attached hydrogens (tertiary/aromatic N) is 5. The third-order valence-electron chi connectivity index (χ3n) is 4.77. The summed E-state index contributed by atoms with van der Waals surface area (Å²) in [6.45, 7) is 0. The molecule has 0 radical (unpaired) electrons. The summed E-state index contributed by atoms with van der Waals surface area (Å²) >= 11 is 6.17. The number of aryl methyl sites for hydroxylation is 1. The lowest BCUT2D eigenvalue weighted by molar-refractivity contribution is -0.128. The van der Waals surface area contributed by atoms with Gasteiger partial charge in [0.15, 0.2) is 0 Å². The number of amides is 1. The lowest BCUT2D eigenvalue weighted by Crippen LogP contribution is -2.28. The highest BCUT2D eigenvalue weighted by Gasteiger charge is 2.21. The van der Waals surface area contributed by atoms with E-state index in [1.54, 1.807) is 49.3 Å². The third-order valence-corrected chi connectivity index (χ3v) is 5.01. The molecular formula is C20H19Cl2N5O2. The Morgan fingerprint density at radius 1 is 1.24 bits per heavy atom. The van der Waals surface area contributed by atoms with Crippen LogP contribution in [0.25, 0.3) is 27.5 Å². The molecule has 0 bridgehead atoms. The van der Waals surface area contributed by atoms with Gasteiger partial charge in [0.05, 0.1) is 29.5 Å². The van der Waals surface area contributed by atoms with E-state index in [9.17, 15) is 9.59 Å². The molecule has 0 aliphatic heterocycles. The number of pyridine rings is 1. The Kier molecular flexibility index (Phi) is 5.64. The van der Waals surface area contributed by atoms with E-state index in [0.717, 1.165) is 10.9 Å². The van der Waals surface area contributed by atoms with Crippen molar-refractivity contribution in [1.82, 2.24) is 24.2 Å². The van der Waals surface area contributed by atoms with Crippen LogP contribution in [0.3, 0.4) is 0 Å². The van der Waals surface area contributed by atoms with Crippen LogP contribution >= 0.6 is 24.0 Å². The van der Waals surface area contributed by atoms with E-state index in [2.05, 4.69) is 10.1 Å². The number of aromatic nitrogens is 4. The van der Waals surface area contributed by atoms with Crippen LogP contribution in [0.15, 0.2) is 47.5 Å². The fourth-order valence-corrected chi connectivity index (χ4v) is 3.51. The van der Waals surface area contributed by atoms with E-state index in [4.69, 9.17) is 11.6 Å². The molecule has 3 heterocycles. The van der Waals surface area contributed by atoms with Crippen LogP contribution in [0.2, 0.25) is 5.02 Å². The molecule has 0 fully saturated rings. The summed E-state index contributed by atoms with van der Waals surface area (Å²) in [6.07, 6.45) is 3.27. The van der Waals surface area contributed by atoms with Crippen molar-refractivity contribution >= 4 is 51.7 Å². The number of likely N-dealkylation sites (N-methyl/N-ethyl adjacent to an activating group) is 1. The van der Waals surface area contributed by atoms with Gasteiger partial charge in [-0.25, -0.2) is 0 Å². The van der Waals surface area contributed by atoms with Crippen LogP contribution in [0.5, 0.6) is 0 Å². The molecule has 4 aromatic rings. The summed E-state index contributed by atoms with van der Waals surface area (Å²) in [5.41, 5.74) is 2.07. The van der Waals surface area contributed by atoms with Crippen molar-refractivity contribution in [3.05, 3.63) is 63.8 Å². The van der Waals surface area contributed by atoms with E-state index in [0.29, 0.717) is 27.3 Å². The van der Waals surface area contributed by atoms with Gasteiger partial charge in [-0.1, -0.05) is 17.7 Å². The molecule has 0 aliphatic rings. The standard InChI is InChI=1S/C20H18ClN5O2.ClH/c1-24(2)17(27)10-15-18-14-7-6-12(21)9-16(14)25(3)19(18)20(28)26(23-15)13-5-4-8-22-11-13;/h4-9,11H,10H2,1-3H3;1H. The molecule has 150 valence electrons. The molecule has 1 aromatic carbocycles. The molecular weight excluding hydrogens is 413 g/mol. The Hall–Kier alpha value is -2.90. The molecule has 4 rings (SSSR count). The Balaban J connectivity index is 0.00000240. The number of benzene rings is 1. The smallest absolute Gasteiger partial charge is 0.296 e. The molecule has 1 amide bonds. The summed E-state index contributed by atoms with van der Waals surface area (Å²) < 4.78 is 3.10. The van der Waals surface area contributed by atoms with E-state index in [1.807, 2.05) is 19.2 Å². The first kappa shape index (κ1) is 20.8. The second-order valence-electron chi connectivity index (χ2n) is 6.78. The zero-order valence-electron chi connectivity index (χ0n) is 16.1. The molecule has 0 spiro atoms. The monoisotopic (exact) mass is 431 g/mol. The van der Waals surface area contributed by atoms with Crippen molar-refractivity contribution in [3.63, 3.8) is 0 Å². The molecule has 29 heavy (non-hydrogen) atoms. The van der Waals surface area contributed by atoms with Gasteiger partial charge >= 0.3 is 0 Å². The largest absolute Gasteiger partial charge is 0.348 e. The van der Waals surface area contributed by atoms with Crippen molar-refractivity contribution in [2.75, 3.05) is 14.1 Å². The first-order valence-corrected chi connectivity index (χ1v) is 9.06. The summed E-state index contributed by atoms with van der Waals surface area (Å²) in [5, 5.41) is 6.64. The molecule has 0 N–H and O–H groups in total. The molecule has 0 atom stereocenters. The highest BCUT2D eigenvalue weighted by Crippen LogP contribution is 2.30. The number of fused-ring (bicyclic) bond motifs is 3. The average molecular weight is 432 g/mol. The Morgan fingerprint density at radius 2 is 2.00 bits per heavy atom. The topological polar surface area (TPSA) is 73.0 Å². The average Bonchev–Trinajstić information content (AvgIpc) is 2.97. The van der Waals surface area contributed by atoms with Gasteiger partial charge in [-0.3, -0.25) is 14.6 Å². The van der Waals surface area contributed by atoms with Crippen LogP contribution in [-0.2, 0) is 18.3 Å². The molecule has 0 saturated carbocycles. The maximum Gasteiger partial charge on any atom is 0.296 e. The third kappa shape index (κ3) is 3.47. The number of rotatable bonds is 3. The summed E-state index contributed by atoms with van der Waals surface area (Å²) in [4.78, 5) is 31.3. The van der Waals surface area contributed by atoms with Gasteiger partial charge < -0.3 is 9.47 Å². The van der Waals surface area contributed by atoms with E-state index in [-0.39, 0.29) is 30.3 Å². The fourth-order valence-electron chi connectivity index (χ4n) is 3.35. The first-order chi connectivity index (χ1) is 13.4. The second kappa shape index (κ2) is 7.85. The van der Waals surface area contributed by atoms with E-state index < -0.39 is 0 Å². The maximum absolute atomic E-state index is 13.3. The van der Waals surface area contributed by atoms with Crippen LogP contribution < -0.4 is 5.56 Å².